The van der Waals surface area contributed by atoms with E-state index in [-0.39, 0.29) is 12.2 Å². The normalized spacial score (nSPS) is 26.4. The van der Waals surface area contributed by atoms with Gasteiger partial charge in [0.05, 0.1) is 6.08 Å². The molecule has 4 nitrogen and oxygen atoms in total. The molecule has 1 aromatic carbocycles. The molecule has 24 heavy (non-hydrogen) atoms. The number of ether oxygens (including phenoxy) is 2. The lowest BCUT2D eigenvalue weighted by Crippen LogP contribution is -2.42. The zero-order chi connectivity index (χ0) is 16.3. The standard InChI is InChI=1S/C20H18N2O2/c1-21-13-7-3-5-9-17(13)23-19-12-20-16(11-15(19)21)22(2)14-8-4-6-10-18(14)24-20/h3-12,17,20H,1-2H3/q+2. The smallest absolute Gasteiger partial charge is 0.254 e. The van der Waals surface area contributed by atoms with Crippen LogP contribution >= 0.6 is 0 Å². The van der Waals surface area contributed by atoms with Crippen LogP contribution in [0.2, 0.25) is 0 Å². The first-order chi connectivity index (χ1) is 11.7. The predicted octanol–water partition coefficient (Wildman–Crippen LogP) is 2.55. The molecule has 0 radical (unpaired) electrons. The highest BCUT2D eigenvalue weighted by atomic mass is 16.5. The molecule has 1 aromatic rings. The number of para-hydroxylation sites is 2. The Labute approximate surface area is 140 Å². The quantitative estimate of drug-likeness (QED) is 0.687. The van der Waals surface area contributed by atoms with Gasteiger partial charge in [-0.25, -0.2) is 0 Å². The molecular weight excluding hydrogens is 300 g/mol. The molecule has 2 unspecified atom stereocenters. The fourth-order valence-electron chi connectivity index (χ4n) is 3.65. The van der Waals surface area contributed by atoms with Crippen molar-refractivity contribution < 1.29 is 18.6 Å². The Hall–Kier alpha value is -2.88. The lowest BCUT2D eigenvalue weighted by molar-refractivity contribution is -0.453. The van der Waals surface area contributed by atoms with Gasteiger partial charge in [-0.2, -0.15) is 9.15 Å². The average Bonchev–Trinajstić information content (AvgIpc) is 2.61. The lowest BCUT2D eigenvalue weighted by atomic mass is 9.99. The summed E-state index contributed by atoms with van der Waals surface area (Å²) in [5.74, 6) is 1.78. The van der Waals surface area contributed by atoms with Gasteiger partial charge in [-0.15, -0.1) is 0 Å². The van der Waals surface area contributed by atoms with Crippen LogP contribution in [-0.2, 0) is 4.74 Å². The van der Waals surface area contributed by atoms with Crippen LogP contribution in [0, 0.1) is 0 Å². The second-order valence-corrected chi connectivity index (χ2v) is 6.32. The van der Waals surface area contributed by atoms with Crippen molar-refractivity contribution >= 4 is 17.1 Å². The van der Waals surface area contributed by atoms with Crippen LogP contribution in [0.15, 0.2) is 72.2 Å². The second-order valence-electron chi connectivity index (χ2n) is 6.32. The second kappa shape index (κ2) is 4.81. The molecule has 0 saturated heterocycles. The van der Waals surface area contributed by atoms with Gasteiger partial charge in [-0.05, 0) is 12.1 Å². The monoisotopic (exact) mass is 318 g/mol. The van der Waals surface area contributed by atoms with Gasteiger partial charge in [0, 0.05) is 18.2 Å². The Morgan fingerprint density at radius 3 is 2.71 bits per heavy atom. The third kappa shape index (κ3) is 1.80. The van der Waals surface area contributed by atoms with Gasteiger partial charge in [0.15, 0.2) is 11.5 Å². The third-order valence-corrected chi connectivity index (χ3v) is 4.96. The Bertz CT molecular complexity index is 944. The number of fused-ring (bicyclic) bond motifs is 4. The van der Waals surface area contributed by atoms with Crippen molar-refractivity contribution in [2.45, 2.75) is 12.2 Å². The van der Waals surface area contributed by atoms with Gasteiger partial charge >= 0.3 is 0 Å². The Kier molecular flexibility index (Phi) is 2.71. The number of allylic oxidation sites excluding steroid dienone is 2. The molecular formula is C20H18N2O2+2. The molecule has 0 aromatic heterocycles. The maximum Gasteiger partial charge on any atom is 0.254 e. The Balaban J connectivity index is 1.69. The summed E-state index contributed by atoms with van der Waals surface area (Å²) in [4.78, 5) is 0. The maximum atomic E-state index is 6.20. The summed E-state index contributed by atoms with van der Waals surface area (Å²) in [6, 6.07) is 8.12. The number of nitrogens with zero attached hydrogens (tertiary/aromatic N) is 2. The maximum absolute atomic E-state index is 6.20. The zero-order valence-electron chi connectivity index (χ0n) is 13.6. The summed E-state index contributed by atoms with van der Waals surface area (Å²) in [5, 5.41) is 0. The lowest BCUT2D eigenvalue weighted by Gasteiger charge is -2.29. The minimum absolute atomic E-state index is 0.0291. The van der Waals surface area contributed by atoms with Crippen molar-refractivity contribution in [2.75, 3.05) is 14.1 Å². The zero-order valence-corrected chi connectivity index (χ0v) is 13.6. The molecule has 0 N–H and O–H groups in total. The van der Waals surface area contributed by atoms with Gasteiger partial charge in [-0.1, -0.05) is 24.3 Å². The molecule has 2 heterocycles. The van der Waals surface area contributed by atoms with Gasteiger partial charge in [0.25, 0.3) is 5.70 Å². The van der Waals surface area contributed by atoms with Crippen molar-refractivity contribution in [3.63, 3.8) is 0 Å². The molecule has 4 aliphatic rings. The average molecular weight is 318 g/mol. The van der Waals surface area contributed by atoms with Crippen molar-refractivity contribution in [1.82, 2.24) is 0 Å². The van der Waals surface area contributed by atoms with Crippen LogP contribution < -0.4 is 4.74 Å². The minimum Gasteiger partial charge on any atom is -0.468 e. The van der Waals surface area contributed by atoms with Crippen molar-refractivity contribution in [2.24, 2.45) is 0 Å². The topological polar surface area (TPSA) is 24.5 Å². The molecule has 2 aliphatic heterocycles. The summed E-state index contributed by atoms with van der Waals surface area (Å²) in [6.07, 6.45) is 12.4. The molecule has 4 heteroatoms. The molecule has 0 spiro atoms. The summed E-state index contributed by atoms with van der Waals surface area (Å²) in [5.41, 5.74) is 4.43. The van der Waals surface area contributed by atoms with Crippen LogP contribution in [0.25, 0.3) is 0 Å². The first kappa shape index (κ1) is 13.5. The van der Waals surface area contributed by atoms with Crippen LogP contribution in [0.5, 0.6) is 5.75 Å². The highest BCUT2D eigenvalue weighted by Gasteiger charge is 2.43. The third-order valence-electron chi connectivity index (χ3n) is 4.96. The first-order valence-electron chi connectivity index (χ1n) is 8.14. The van der Waals surface area contributed by atoms with Crippen LogP contribution in [0.4, 0.5) is 5.69 Å². The molecule has 0 bridgehead atoms. The van der Waals surface area contributed by atoms with E-state index >= 15 is 0 Å². The summed E-state index contributed by atoms with van der Waals surface area (Å²) < 4.78 is 16.8. The number of hydrogen-bond donors (Lipinski definition) is 0. The number of likely N-dealkylation sites (N-methyl/N-ethyl adjacent to an activating group) is 1. The van der Waals surface area contributed by atoms with E-state index in [0.717, 1.165) is 34.3 Å². The van der Waals surface area contributed by atoms with Crippen LogP contribution in [0.1, 0.15) is 0 Å². The summed E-state index contributed by atoms with van der Waals surface area (Å²) >= 11 is 0. The van der Waals surface area contributed by atoms with E-state index in [1.165, 1.54) is 0 Å². The summed E-state index contributed by atoms with van der Waals surface area (Å²) in [7, 11) is 4.18. The molecule has 2 aliphatic carbocycles. The van der Waals surface area contributed by atoms with Gasteiger partial charge in [0.1, 0.15) is 14.1 Å². The number of rotatable bonds is 0. The Morgan fingerprint density at radius 2 is 1.79 bits per heavy atom. The largest absolute Gasteiger partial charge is 0.468 e. The highest BCUT2D eigenvalue weighted by Crippen LogP contribution is 2.35. The van der Waals surface area contributed by atoms with E-state index in [4.69, 9.17) is 9.47 Å². The molecule has 0 fully saturated rings. The Morgan fingerprint density at radius 1 is 0.917 bits per heavy atom. The van der Waals surface area contributed by atoms with Crippen molar-refractivity contribution in [3.05, 3.63) is 72.2 Å². The molecule has 0 amide bonds. The van der Waals surface area contributed by atoms with Crippen LogP contribution in [0.3, 0.4) is 0 Å². The van der Waals surface area contributed by atoms with Gasteiger partial charge in [0.2, 0.25) is 29.3 Å². The molecule has 0 saturated carbocycles. The number of hydrogen-bond acceptors (Lipinski definition) is 2. The van der Waals surface area contributed by atoms with E-state index in [2.05, 4.69) is 53.6 Å². The van der Waals surface area contributed by atoms with Gasteiger partial charge < -0.3 is 9.47 Å². The van der Waals surface area contributed by atoms with Gasteiger partial charge in [-0.3, -0.25) is 0 Å². The predicted molar refractivity (Wildman–Crippen MR) is 92.2 cm³/mol. The van der Waals surface area contributed by atoms with E-state index in [9.17, 15) is 0 Å². The molecule has 118 valence electrons. The van der Waals surface area contributed by atoms with E-state index in [0.29, 0.717) is 0 Å². The highest BCUT2D eigenvalue weighted by molar-refractivity contribution is 6.02. The minimum atomic E-state index is -0.123. The fourth-order valence-corrected chi connectivity index (χ4v) is 3.65. The van der Waals surface area contributed by atoms with Crippen LogP contribution in [-0.4, -0.2) is 46.9 Å². The van der Waals surface area contributed by atoms with E-state index in [1.807, 2.05) is 30.4 Å². The van der Waals surface area contributed by atoms with E-state index in [1.54, 1.807) is 0 Å². The molecule has 2 atom stereocenters. The SMILES string of the molecule is C[N+]1=C2C=CC=CC2OC2=CC3Oc4ccccc4[N+](C)=C3C=C21. The first-order valence-corrected chi connectivity index (χ1v) is 8.14. The van der Waals surface area contributed by atoms with Crippen molar-refractivity contribution in [3.8, 4) is 5.75 Å². The number of benzene rings is 1. The van der Waals surface area contributed by atoms with Crippen molar-refractivity contribution in [1.29, 1.82) is 0 Å². The fraction of sp³-hybridized carbons (Fsp3) is 0.200. The van der Waals surface area contributed by atoms with E-state index < -0.39 is 0 Å². The molecule has 5 rings (SSSR count). The summed E-state index contributed by atoms with van der Waals surface area (Å²) in [6.45, 7) is 0.